The number of nitrogens with zero attached hydrogens (tertiary/aromatic N) is 1. The quantitative estimate of drug-likeness (QED) is 0.0211. The number of phosphoric ester groups is 1. The predicted molar refractivity (Wildman–Crippen MR) is 316 cm³/mol. The number of hydrogen-bond acceptors (Lipinski definition) is 7. The van der Waals surface area contributed by atoms with E-state index in [4.69, 9.17) is 18.5 Å². The van der Waals surface area contributed by atoms with E-state index in [1.165, 1.54) is 19.3 Å². The summed E-state index contributed by atoms with van der Waals surface area (Å²) in [7, 11) is 1.41. The monoisotopic (exact) mass is 1040 g/mol. The molecular weight excluding hydrogens is 942 g/mol. The molecule has 416 valence electrons. The molecule has 0 bridgehead atoms. The van der Waals surface area contributed by atoms with Crippen molar-refractivity contribution in [1.29, 1.82) is 0 Å². The third-order valence-corrected chi connectivity index (χ3v) is 12.0. The van der Waals surface area contributed by atoms with Gasteiger partial charge < -0.3 is 18.9 Å². The average molecular weight is 1050 g/mol. The second kappa shape index (κ2) is 53.5. The van der Waals surface area contributed by atoms with E-state index in [-0.39, 0.29) is 26.1 Å². The first-order valence-electron chi connectivity index (χ1n) is 28.2. The van der Waals surface area contributed by atoms with E-state index in [1.54, 1.807) is 0 Å². The molecule has 0 rings (SSSR count). The number of carbonyl (C=O) groups is 2. The summed E-state index contributed by atoms with van der Waals surface area (Å²) in [5.74, 6) is -0.877. The minimum absolute atomic E-state index is 0.0108. The molecule has 0 saturated carbocycles. The van der Waals surface area contributed by atoms with Gasteiger partial charge >= 0.3 is 19.8 Å². The molecule has 74 heavy (non-hydrogen) atoms. The van der Waals surface area contributed by atoms with E-state index in [9.17, 15) is 19.0 Å². The lowest BCUT2D eigenvalue weighted by Crippen LogP contribution is -2.37. The Labute approximate surface area is 452 Å². The number of esters is 2. The lowest BCUT2D eigenvalue weighted by molar-refractivity contribution is -0.870. The summed E-state index contributed by atoms with van der Waals surface area (Å²) in [6, 6.07) is 0. The Morgan fingerprint density at radius 1 is 0.419 bits per heavy atom. The van der Waals surface area contributed by atoms with Crippen LogP contribution in [-0.2, 0) is 32.7 Å². The molecule has 10 heteroatoms. The maximum absolute atomic E-state index is 12.8. The van der Waals surface area contributed by atoms with E-state index >= 15 is 0 Å². The van der Waals surface area contributed by atoms with Crippen molar-refractivity contribution in [2.24, 2.45) is 0 Å². The molecule has 0 aromatic rings. The molecule has 0 saturated heterocycles. The zero-order valence-electron chi connectivity index (χ0n) is 47.0. The van der Waals surface area contributed by atoms with Crippen molar-refractivity contribution in [3.05, 3.63) is 158 Å². The number of phosphoric acid groups is 1. The second-order valence-corrected chi connectivity index (χ2v) is 20.7. The van der Waals surface area contributed by atoms with Gasteiger partial charge in [0.1, 0.15) is 19.8 Å². The first kappa shape index (κ1) is 69.6. The zero-order chi connectivity index (χ0) is 54.2. The van der Waals surface area contributed by atoms with Gasteiger partial charge in [-0.05, 0) is 122 Å². The standard InChI is InChI=1S/C64H102NO8P/c1-6-8-10-12-14-16-18-20-22-24-26-28-30-31-32-33-35-37-39-41-43-45-47-49-51-53-55-57-64(67)73-62(61-72-74(68,69)71-59-58-65(3,4)5)60-70-63(66)56-54-52-50-48-46-44-42-40-38-36-34-29-27-25-23-21-19-17-15-13-11-9-7-2/h8-11,14-17,20-23,26-29,31-32,35-38,41,43,47,49,62H,6-7,12-13,18-19,24-25,30,33-34,39-40,42,44-46,48,50-61H2,1-5H3/p+1/b10-8-,11-9-,16-14-,17-15-,22-20-,23-21-,28-26-,29-27-,32-31-,37-35-,38-36-,43-41-,49-47-. The Morgan fingerprint density at radius 2 is 0.730 bits per heavy atom. The first-order chi connectivity index (χ1) is 36.0. The molecule has 0 aliphatic heterocycles. The number of carbonyl (C=O) groups excluding carboxylic acids is 2. The van der Waals surface area contributed by atoms with Crippen LogP contribution >= 0.6 is 7.82 Å². The van der Waals surface area contributed by atoms with Crippen LogP contribution in [0.15, 0.2) is 158 Å². The summed E-state index contributed by atoms with van der Waals surface area (Å²) in [6.07, 6.45) is 80.2. The van der Waals surface area contributed by atoms with Gasteiger partial charge in [0.15, 0.2) is 6.10 Å². The van der Waals surface area contributed by atoms with Gasteiger partial charge in [0, 0.05) is 12.8 Å². The van der Waals surface area contributed by atoms with Crippen LogP contribution in [-0.4, -0.2) is 74.9 Å². The Morgan fingerprint density at radius 3 is 1.11 bits per heavy atom. The molecule has 0 heterocycles. The van der Waals surface area contributed by atoms with Crippen LogP contribution in [0.5, 0.6) is 0 Å². The van der Waals surface area contributed by atoms with E-state index in [0.717, 1.165) is 122 Å². The average Bonchev–Trinajstić information content (AvgIpc) is 3.36. The summed E-state index contributed by atoms with van der Waals surface area (Å²) >= 11 is 0. The molecule has 0 fully saturated rings. The lowest BCUT2D eigenvalue weighted by Gasteiger charge is -2.24. The van der Waals surface area contributed by atoms with Gasteiger partial charge in [0.2, 0.25) is 0 Å². The van der Waals surface area contributed by atoms with Gasteiger partial charge in [-0.1, -0.05) is 204 Å². The highest BCUT2D eigenvalue weighted by Gasteiger charge is 2.27. The molecular formula is C64H103NO8P+. The summed E-state index contributed by atoms with van der Waals surface area (Å²) in [6.45, 7) is 4.11. The van der Waals surface area contributed by atoms with Gasteiger partial charge in [0.25, 0.3) is 0 Å². The zero-order valence-corrected chi connectivity index (χ0v) is 47.9. The van der Waals surface area contributed by atoms with Crippen LogP contribution in [0.1, 0.15) is 181 Å². The van der Waals surface area contributed by atoms with Crippen LogP contribution in [0.3, 0.4) is 0 Å². The summed E-state index contributed by atoms with van der Waals surface area (Å²) < 4.78 is 34.5. The highest BCUT2D eigenvalue weighted by Crippen LogP contribution is 2.43. The third kappa shape index (κ3) is 56.9. The number of ether oxygens (including phenoxy) is 2. The number of allylic oxidation sites excluding steroid dienone is 26. The minimum Gasteiger partial charge on any atom is -0.462 e. The van der Waals surface area contributed by atoms with Gasteiger partial charge in [0.05, 0.1) is 27.7 Å². The lowest BCUT2D eigenvalue weighted by atomic mass is 10.1. The fraction of sp³-hybridized carbons (Fsp3) is 0.562. The Hall–Kier alpha value is -4.37. The van der Waals surface area contributed by atoms with Gasteiger partial charge in [-0.2, -0.15) is 0 Å². The smallest absolute Gasteiger partial charge is 0.462 e. The van der Waals surface area contributed by atoms with Crippen molar-refractivity contribution in [3.63, 3.8) is 0 Å². The third-order valence-electron chi connectivity index (χ3n) is 11.1. The number of likely N-dealkylation sites (N-methyl/N-ethyl adjacent to an activating group) is 1. The van der Waals surface area contributed by atoms with Crippen molar-refractivity contribution in [2.45, 2.75) is 187 Å². The molecule has 2 unspecified atom stereocenters. The van der Waals surface area contributed by atoms with Crippen LogP contribution in [0.25, 0.3) is 0 Å². The maximum atomic E-state index is 12.8. The summed E-state index contributed by atoms with van der Waals surface area (Å²) in [4.78, 5) is 35.7. The molecule has 0 aliphatic carbocycles. The minimum atomic E-state index is -4.41. The Balaban J connectivity index is 4.37. The molecule has 0 spiro atoms. The largest absolute Gasteiger partial charge is 0.472 e. The van der Waals surface area contributed by atoms with Crippen molar-refractivity contribution < 1.29 is 42.1 Å². The van der Waals surface area contributed by atoms with E-state index in [1.807, 2.05) is 21.1 Å². The maximum Gasteiger partial charge on any atom is 0.472 e. The molecule has 0 aromatic carbocycles. The number of rotatable bonds is 49. The fourth-order valence-electron chi connectivity index (χ4n) is 6.76. The van der Waals surface area contributed by atoms with Crippen LogP contribution in [0.4, 0.5) is 0 Å². The van der Waals surface area contributed by atoms with E-state index < -0.39 is 32.5 Å². The number of quaternary nitrogens is 1. The molecule has 9 nitrogen and oxygen atoms in total. The van der Waals surface area contributed by atoms with Gasteiger partial charge in [-0.3, -0.25) is 18.6 Å². The van der Waals surface area contributed by atoms with Crippen molar-refractivity contribution in [1.82, 2.24) is 0 Å². The van der Waals surface area contributed by atoms with E-state index in [0.29, 0.717) is 23.9 Å². The van der Waals surface area contributed by atoms with Gasteiger partial charge in [-0.15, -0.1) is 0 Å². The molecule has 0 aliphatic rings. The summed E-state index contributed by atoms with van der Waals surface area (Å²) in [5, 5.41) is 0. The predicted octanol–water partition coefficient (Wildman–Crippen LogP) is 17.7. The molecule has 1 N–H and O–H groups in total. The van der Waals surface area contributed by atoms with Gasteiger partial charge in [-0.25, -0.2) is 4.57 Å². The van der Waals surface area contributed by atoms with E-state index in [2.05, 4.69) is 172 Å². The molecule has 2 atom stereocenters. The van der Waals surface area contributed by atoms with Crippen molar-refractivity contribution in [3.8, 4) is 0 Å². The highest BCUT2D eigenvalue weighted by atomic mass is 31.2. The Bertz CT molecular complexity index is 1800. The normalized spacial score (nSPS) is 14.5. The molecule has 0 aromatic heterocycles. The molecule has 0 amide bonds. The van der Waals surface area contributed by atoms with Crippen molar-refractivity contribution in [2.75, 3.05) is 47.5 Å². The number of unbranched alkanes of at least 4 members (excludes halogenated alkanes) is 9. The van der Waals surface area contributed by atoms with Crippen molar-refractivity contribution >= 4 is 19.8 Å². The first-order valence-corrected chi connectivity index (χ1v) is 29.7. The molecule has 0 radical (unpaired) electrons. The SMILES string of the molecule is CC/C=C\C/C=C\C/C=C\C/C=C\C/C=C\C/C=C\C/C=C\C/C=C\CCCCC(=O)OC(COC(=O)CCCCCCCCC/C=C\C/C=C\C/C=C\C/C=C\C/C=C\CC)COP(=O)(O)OCC[N+](C)(C)C. The summed E-state index contributed by atoms with van der Waals surface area (Å²) in [5.41, 5.74) is 0. The Kier molecular flexibility index (Phi) is 50.3. The second-order valence-electron chi connectivity index (χ2n) is 19.2. The topological polar surface area (TPSA) is 108 Å². The van der Waals surface area contributed by atoms with Crippen LogP contribution < -0.4 is 0 Å². The fourth-order valence-corrected chi connectivity index (χ4v) is 7.50. The highest BCUT2D eigenvalue weighted by molar-refractivity contribution is 7.47. The number of hydrogen-bond donors (Lipinski definition) is 1. The van der Waals surface area contributed by atoms with Crippen LogP contribution in [0.2, 0.25) is 0 Å². The van der Waals surface area contributed by atoms with Crippen LogP contribution in [0, 0.1) is 0 Å².